The van der Waals surface area contributed by atoms with Gasteiger partial charge in [0, 0.05) is 11.9 Å². The molecule has 1 rings (SSSR count). The molecule has 0 saturated heterocycles. The lowest BCUT2D eigenvalue weighted by Crippen LogP contribution is -1.91. The first-order valence-corrected chi connectivity index (χ1v) is 7.20. The first-order valence-electron chi connectivity index (χ1n) is 5.68. The number of nitro groups is 1. The van der Waals surface area contributed by atoms with Gasteiger partial charge in [0.25, 0.3) is 5.69 Å². The Morgan fingerprint density at radius 3 is 2.59 bits per heavy atom. The third-order valence-corrected chi connectivity index (χ3v) is 3.76. The van der Waals surface area contributed by atoms with Gasteiger partial charge in [0.15, 0.2) is 0 Å². The molecule has 1 aromatic carbocycles. The molecule has 0 amide bonds. The topological polar surface area (TPSA) is 43.1 Å². The lowest BCUT2D eigenvalue weighted by Gasteiger charge is -2.02. The number of rotatable bonds is 8. The van der Waals surface area contributed by atoms with Crippen LogP contribution in [0.5, 0.6) is 0 Å². The number of hydrogen-bond donors (Lipinski definition) is 0. The molecule has 0 atom stereocenters. The van der Waals surface area contributed by atoms with Crippen molar-refractivity contribution < 1.29 is 4.92 Å². The fraction of sp³-hybridized carbons (Fsp3) is 0.500. The monoisotopic (exact) mass is 273 g/mol. The second kappa shape index (κ2) is 8.37. The number of benzene rings is 1. The van der Waals surface area contributed by atoms with Crippen LogP contribution in [0.25, 0.3) is 0 Å². The summed E-state index contributed by atoms with van der Waals surface area (Å²) in [7, 11) is 0. The van der Waals surface area contributed by atoms with Crippen LogP contribution in [0, 0.1) is 10.1 Å². The average molecular weight is 274 g/mol. The van der Waals surface area contributed by atoms with E-state index in [4.69, 9.17) is 11.6 Å². The Hall–Kier alpha value is -0.740. The van der Waals surface area contributed by atoms with Gasteiger partial charge in [-0.3, -0.25) is 10.1 Å². The second-order valence-electron chi connectivity index (χ2n) is 3.68. The number of unbranched alkanes of at least 4 members (excludes halogenated alkanes) is 3. The Balaban J connectivity index is 2.34. The molecule has 0 aromatic heterocycles. The Morgan fingerprint density at radius 2 is 1.88 bits per heavy atom. The van der Waals surface area contributed by atoms with Gasteiger partial charge in [0.05, 0.1) is 9.82 Å². The predicted molar refractivity (Wildman–Crippen MR) is 73.0 cm³/mol. The molecular formula is C12H16ClNO2S. The number of hydrogen-bond acceptors (Lipinski definition) is 3. The highest BCUT2D eigenvalue weighted by Gasteiger charge is 2.11. The van der Waals surface area contributed by atoms with E-state index < -0.39 is 0 Å². The maximum Gasteiger partial charge on any atom is 0.282 e. The predicted octanol–water partition coefficient (Wildman–Crippen LogP) is 4.49. The molecule has 0 fully saturated rings. The number of para-hydroxylation sites is 1. The molecule has 0 spiro atoms. The van der Waals surface area contributed by atoms with E-state index in [2.05, 4.69) is 0 Å². The van der Waals surface area contributed by atoms with Crippen molar-refractivity contribution in [1.82, 2.24) is 0 Å². The molecule has 0 unspecified atom stereocenters. The van der Waals surface area contributed by atoms with Crippen LogP contribution in [0.1, 0.15) is 25.7 Å². The largest absolute Gasteiger partial charge is 0.282 e. The summed E-state index contributed by atoms with van der Waals surface area (Å²) >= 11 is 7.14. The van der Waals surface area contributed by atoms with Crippen LogP contribution in [0.2, 0.25) is 0 Å². The minimum absolute atomic E-state index is 0.207. The van der Waals surface area contributed by atoms with Crippen molar-refractivity contribution in [1.29, 1.82) is 0 Å². The highest BCUT2D eigenvalue weighted by molar-refractivity contribution is 7.99. The van der Waals surface area contributed by atoms with Crippen molar-refractivity contribution in [3.63, 3.8) is 0 Å². The number of alkyl halides is 1. The summed E-state index contributed by atoms with van der Waals surface area (Å²) in [6, 6.07) is 6.89. The van der Waals surface area contributed by atoms with Gasteiger partial charge < -0.3 is 0 Å². The Kier molecular flexibility index (Phi) is 7.05. The van der Waals surface area contributed by atoms with Crippen molar-refractivity contribution in [3.05, 3.63) is 34.4 Å². The molecule has 1 aromatic rings. The van der Waals surface area contributed by atoms with Gasteiger partial charge in [0.1, 0.15) is 0 Å². The van der Waals surface area contributed by atoms with Gasteiger partial charge in [-0.25, -0.2) is 0 Å². The van der Waals surface area contributed by atoms with Crippen LogP contribution >= 0.6 is 23.4 Å². The molecule has 0 aliphatic carbocycles. The Bertz CT molecular complexity index is 360. The van der Waals surface area contributed by atoms with Crippen LogP contribution < -0.4 is 0 Å². The van der Waals surface area contributed by atoms with E-state index in [0.717, 1.165) is 42.2 Å². The van der Waals surface area contributed by atoms with E-state index in [-0.39, 0.29) is 10.6 Å². The Labute approximate surface area is 111 Å². The van der Waals surface area contributed by atoms with E-state index in [1.54, 1.807) is 23.9 Å². The smallest absolute Gasteiger partial charge is 0.258 e. The van der Waals surface area contributed by atoms with Gasteiger partial charge in [-0.05, 0) is 24.7 Å². The van der Waals surface area contributed by atoms with Gasteiger partial charge >= 0.3 is 0 Å². The molecule has 0 aliphatic heterocycles. The number of thioether (sulfide) groups is 1. The van der Waals surface area contributed by atoms with Gasteiger partial charge in [-0.1, -0.05) is 25.0 Å². The van der Waals surface area contributed by atoms with E-state index in [9.17, 15) is 10.1 Å². The zero-order chi connectivity index (χ0) is 12.5. The lowest BCUT2D eigenvalue weighted by molar-refractivity contribution is -0.387. The molecule has 0 bridgehead atoms. The van der Waals surface area contributed by atoms with Crippen LogP contribution in [-0.2, 0) is 0 Å². The maximum absolute atomic E-state index is 10.8. The molecule has 0 heterocycles. The van der Waals surface area contributed by atoms with Crippen molar-refractivity contribution in [3.8, 4) is 0 Å². The molecule has 5 heteroatoms. The van der Waals surface area contributed by atoms with E-state index in [1.807, 2.05) is 12.1 Å². The quantitative estimate of drug-likeness (QED) is 0.230. The third-order valence-electron chi connectivity index (χ3n) is 2.35. The van der Waals surface area contributed by atoms with E-state index >= 15 is 0 Å². The number of halogens is 1. The fourth-order valence-corrected chi connectivity index (χ4v) is 2.68. The average Bonchev–Trinajstić information content (AvgIpc) is 2.34. The summed E-state index contributed by atoms with van der Waals surface area (Å²) in [6.07, 6.45) is 4.41. The highest BCUT2D eigenvalue weighted by atomic mass is 35.5. The fourth-order valence-electron chi connectivity index (χ4n) is 1.46. The van der Waals surface area contributed by atoms with Crippen LogP contribution in [0.4, 0.5) is 5.69 Å². The lowest BCUT2D eigenvalue weighted by atomic mass is 10.2. The second-order valence-corrected chi connectivity index (χ2v) is 5.19. The SMILES string of the molecule is O=[N+]([O-])c1ccccc1SCCCCCCCl. The number of nitro benzene ring substituents is 1. The van der Waals surface area contributed by atoms with Gasteiger partial charge in [-0.2, -0.15) is 0 Å². The molecule has 0 aliphatic rings. The molecule has 94 valence electrons. The highest BCUT2D eigenvalue weighted by Crippen LogP contribution is 2.29. The molecule has 17 heavy (non-hydrogen) atoms. The summed E-state index contributed by atoms with van der Waals surface area (Å²) in [6.45, 7) is 0. The zero-order valence-corrected chi connectivity index (χ0v) is 11.2. The van der Waals surface area contributed by atoms with Crippen LogP contribution in [0.3, 0.4) is 0 Å². The summed E-state index contributed by atoms with van der Waals surface area (Å²) in [5, 5.41) is 10.8. The van der Waals surface area contributed by atoms with Crippen molar-refractivity contribution in [2.75, 3.05) is 11.6 Å². The zero-order valence-electron chi connectivity index (χ0n) is 9.60. The molecule has 0 radical (unpaired) electrons. The molecule has 0 saturated carbocycles. The molecule has 3 nitrogen and oxygen atoms in total. The van der Waals surface area contributed by atoms with Gasteiger partial charge in [0.2, 0.25) is 0 Å². The van der Waals surface area contributed by atoms with Crippen molar-refractivity contribution in [2.24, 2.45) is 0 Å². The molecule has 0 N–H and O–H groups in total. The number of nitrogens with zero attached hydrogens (tertiary/aromatic N) is 1. The Morgan fingerprint density at radius 1 is 1.18 bits per heavy atom. The summed E-state index contributed by atoms with van der Waals surface area (Å²) < 4.78 is 0. The van der Waals surface area contributed by atoms with Crippen molar-refractivity contribution in [2.45, 2.75) is 30.6 Å². The van der Waals surface area contributed by atoms with Crippen molar-refractivity contribution >= 4 is 29.1 Å². The first-order chi connectivity index (χ1) is 8.25. The minimum atomic E-state index is -0.324. The normalized spacial score (nSPS) is 10.4. The maximum atomic E-state index is 10.8. The molecular weight excluding hydrogens is 258 g/mol. The van der Waals surface area contributed by atoms with E-state index in [1.165, 1.54) is 0 Å². The first kappa shape index (κ1) is 14.3. The summed E-state index contributed by atoms with van der Waals surface area (Å²) in [4.78, 5) is 11.2. The third kappa shape index (κ3) is 5.41. The van der Waals surface area contributed by atoms with Gasteiger partial charge in [-0.15, -0.1) is 23.4 Å². The summed E-state index contributed by atoms with van der Waals surface area (Å²) in [5.74, 6) is 1.64. The minimum Gasteiger partial charge on any atom is -0.258 e. The van der Waals surface area contributed by atoms with Crippen LogP contribution in [-0.4, -0.2) is 16.6 Å². The summed E-state index contributed by atoms with van der Waals surface area (Å²) in [5.41, 5.74) is 0.207. The van der Waals surface area contributed by atoms with Crippen LogP contribution in [0.15, 0.2) is 29.2 Å². The standard InChI is InChI=1S/C12H16ClNO2S/c13-9-5-1-2-6-10-17-12-8-4-3-7-11(12)14(15)16/h3-4,7-8H,1-2,5-6,9-10H2. The van der Waals surface area contributed by atoms with E-state index in [0.29, 0.717) is 0 Å².